The second kappa shape index (κ2) is 6.20. The molecule has 0 spiro atoms. The molecule has 100 valence electrons. The van der Waals surface area contributed by atoms with Crippen LogP contribution in [0.4, 0.5) is 0 Å². The smallest absolute Gasteiger partial charge is 0.253 e. The third-order valence-corrected chi connectivity index (χ3v) is 4.69. The summed E-state index contributed by atoms with van der Waals surface area (Å²) in [6.45, 7) is 2.60. The van der Waals surface area contributed by atoms with Crippen LogP contribution in [0.25, 0.3) is 0 Å². The number of amides is 1. The zero-order chi connectivity index (χ0) is 14.0. The van der Waals surface area contributed by atoms with E-state index < -0.39 is 0 Å². The first-order chi connectivity index (χ1) is 8.95. The van der Waals surface area contributed by atoms with E-state index in [4.69, 9.17) is 0 Å². The lowest BCUT2D eigenvalue weighted by molar-refractivity contribution is 0.0785. The van der Waals surface area contributed by atoms with Gasteiger partial charge < -0.3 is 4.90 Å². The zero-order valence-electron chi connectivity index (χ0n) is 10.6. The third-order valence-electron chi connectivity index (χ3n) is 2.68. The van der Waals surface area contributed by atoms with Crippen molar-refractivity contribution in [1.29, 1.82) is 0 Å². The molecule has 0 unspecified atom stereocenters. The summed E-state index contributed by atoms with van der Waals surface area (Å²) in [6.07, 6.45) is 0. The van der Waals surface area contributed by atoms with E-state index in [1.807, 2.05) is 38.2 Å². The number of carbonyl (C=O) groups excluding carboxylic acids is 1. The molecule has 0 aliphatic rings. The Morgan fingerprint density at radius 2 is 2.00 bits per heavy atom. The van der Waals surface area contributed by atoms with Crippen LogP contribution in [0.2, 0.25) is 0 Å². The predicted octanol–water partition coefficient (Wildman–Crippen LogP) is 4.85. The molecule has 0 fully saturated rings. The molecule has 2 aromatic rings. The molecule has 0 radical (unpaired) electrons. The molecule has 2 nitrogen and oxygen atoms in total. The quantitative estimate of drug-likeness (QED) is 0.718. The monoisotopic (exact) mass is 401 g/mol. The fourth-order valence-corrected chi connectivity index (χ4v) is 3.66. The second-order valence-electron chi connectivity index (χ2n) is 4.44. The van der Waals surface area contributed by atoms with Crippen LogP contribution in [0.5, 0.6) is 0 Å². The van der Waals surface area contributed by atoms with Crippen LogP contribution in [-0.4, -0.2) is 17.9 Å². The Morgan fingerprint density at radius 3 is 2.58 bits per heavy atom. The highest BCUT2D eigenvalue weighted by atomic mass is 79.9. The fraction of sp³-hybridized carbons (Fsp3) is 0.214. The highest BCUT2D eigenvalue weighted by Gasteiger charge is 2.13. The lowest BCUT2D eigenvalue weighted by Gasteiger charge is -2.17. The average Bonchev–Trinajstić information content (AvgIpc) is 2.72. The Bertz CT molecular complexity index is 589. The molecule has 5 heteroatoms. The average molecular weight is 403 g/mol. The number of halogens is 2. The van der Waals surface area contributed by atoms with Crippen LogP contribution in [-0.2, 0) is 6.54 Å². The SMILES string of the molecule is Cc1cc(Br)cc(C(=O)N(C)Cc2csc(Br)c2)c1. The number of benzene rings is 1. The molecule has 0 saturated carbocycles. The maximum Gasteiger partial charge on any atom is 0.253 e. The van der Waals surface area contributed by atoms with Gasteiger partial charge in [0.15, 0.2) is 0 Å². The van der Waals surface area contributed by atoms with E-state index in [-0.39, 0.29) is 5.91 Å². The number of hydrogen-bond donors (Lipinski definition) is 0. The van der Waals surface area contributed by atoms with Gasteiger partial charge in [0.2, 0.25) is 0 Å². The van der Waals surface area contributed by atoms with Gasteiger partial charge in [-0.1, -0.05) is 15.9 Å². The molecule has 0 saturated heterocycles. The van der Waals surface area contributed by atoms with Crippen LogP contribution >= 0.6 is 43.2 Å². The van der Waals surface area contributed by atoms with Crippen molar-refractivity contribution in [3.8, 4) is 0 Å². The summed E-state index contributed by atoms with van der Waals surface area (Å²) in [4.78, 5) is 14.1. The molecular weight excluding hydrogens is 390 g/mol. The van der Waals surface area contributed by atoms with Crippen molar-refractivity contribution in [3.05, 3.63) is 54.6 Å². The van der Waals surface area contributed by atoms with Gasteiger partial charge in [-0.3, -0.25) is 4.79 Å². The number of rotatable bonds is 3. The van der Waals surface area contributed by atoms with Crippen molar-refractivity contribution in [2.75, 3.05) is 7.05 Å². The minimum Gasteiger partial charge on any atom is -0.337 e. The first-order valence-corrected chi connectivity index (χ1v) is 8.18. The van der Waals surface area contributed by atoms with Crippen LogP contribution in [0, 0.1) is 6.92 Å². The summed E-state index contributed by atoms with van der Waals surface area (Å²) in [6, 6.07) is 7.80. The molecular formula is C14H13Br2NOS. The van der Waals surface area contributed by atoms with E-state index in [9.17, 15) is 4.79 Å². The van der Waals surface area contributed by atoms with E-state index in [1.165, 1.54) is 0 Å². The number of carbonyl (C=O) groups is 1. The molecule has 0 aliphatic heterocycles. The topological polar surface area (TPSA) is 20.3 Å². The van der Waals surface area contributed by atoms with Crippen molar-refractivity contribution >= 4 is 49.1 Å². The number of aryl methyl sites for hydroxylation is 1. The predicted molar refractivity (Wildman–Crippen MR) is 86.7 cm³/mol. The van der Waals surface area contributed by atoms with E-state index >= 15 is 0 Å². The van der Waals surface area contributed by atoms with Gasteiger partial charge in [-0.2, -0.15) is 0 Å². The lowest BCUT2D eigenvalue weighted by Crippen LogP contribution is -2.26. The summed E-state index contributed by atoms with van der Waals surface area (Å²) in [5.74, 6) is 0.0340. The standard InChI is InChI=1S/C14H13Br2NOS/c1-9-3-11(6-12(15)4-9)14(18)17(2)7-10-5-13(16)19-8-10/h3-6,8H,7H2,1-2H3. The van der Waals surface area contributed by atoms with Gasteiger partial charge in [0.1, 0.15) is 0 Å². The zero-order valence-corrected chi connectivity index (χ0v) is 14.6. The Balaban J connectivity index is 2.14. The maximum atomic E-state index is 12.4. The first kappa shape index (κ1) is 14.8. The molecule has 1 aromatic carbocycles. The largest absolute Gasteiger partial charge is 0.337 e. The van der Waals surface area contributed by atoms with Crippen LogP contribution in [0.15, 0.2) is 37.9 Å². The van der Waals surface area contributed by atoms with Gasteiger partial charge in [-0.05, 0) is 63.6 Å². The summed E-state index contributed by atoms with van der Waals surface area (Å²) >= 11 is 8.49. The Morgan fingerprint density at radius 1 is 1.26 bits per heavy atom. The lowest BCUT2D eigenvalue weighted by atomic mass is 10.1. The van der Waals surface area contributed by atoms with Crippen molar-refractivity contribution in [2.45, 2.75) is 13.5 Å². The van der Waals surface area contributed by atoms with Crippen molar-refractivity contribution in [2.24, 2.45) is 0 Å². The summed E-state index contributed by atoms with van der Waals surface area (Å²) in [5.41, 5.74) is 2.92. The van der Waals surface area contributed by atoms with Crippen molar-refractivity contribution < 1.29 is 4.79 Å². The second-order valence-corrected chi connectivity index (χ2v) is 7.64. The normalized spacial score (nSPS) is 10.5. The van der Waals surface area contributed by atoms with Crippen LogP contribution in [0.1, 0.15) is 21.5 Å². The fourth-order valence-electron chi connectivity index (χ4n) is 1.85. The molecule has 0 bridgehead atoms. The van der Waals surface area contributed by atoms with Gasteiger partial charge in [-0.15, -0.1) is 11.3 Å². The molecule has 19 heavy (non-hydrogen) atoms. The first-order valence-electron chi connectivity index (χ1n) is 5.71. The molecule has 1 amide bonds. The van der Waals surface area contributed by atoms with Gasteiger partial charge in [0.25, 0.3) is 5.91 Å². The highest BCUT2D eigenvalue weighted by molar-refractivity contribution is 9.11. The number of hydrogen-bond acceptors (Lipinski definition) is 2. The molecule has 1 heterocycles. The summed E-state index contributed by atoms with van der Waals surface area (Å²) in [5, 5.41) is 2.06. The van der Waals surface area contributed by atoms with Crippen molar-refractivity contribution in [3.63, 3.8) is 0 Å². The third kappa shape index (κ3) is 3.91. The van der Waals surface area contributed by atoms with Gasteiger partial charge in [0.05, 0.1) is 3.79 Å². The highest BCUT2D eigenvalue weighted by Crippen LogP contribution is 2.22. The van der Waals surface area contributed by atoms with Gasteiger partial charge >= 0.3 is 0 Å². The minimum atomic E-state index is 0.0340. The minimum absolute atomic E-state index is 0.0340. The Hall–Kier alpha value is -0.650. The van der Waals surface area contributed by atoms with Crippen LogP contribution < -0.4 is 0 Å². The van der Waals surface area contributed by atoms with Gasteiger partial charge in [-0.25, -0.2) is 0 Å². The van der Waals surface area contributed by atoms with Crippen molar-refractivity contribution in [1.82, 2.24) is 4.90 Å². The van der Waals surface area contributed by atoms with Gasteiger partial charge in [0, 0.05) is 23.6 Å². The molecule has 0 aliphatic carbocycles. The van der Waals surface area contributed by atoms with E-state index in [0.717, 1.165) is 19.4 Å². The number of nitrogens with zero attached hydrogens (tertiary/aromatic N) is 1. The maximum absolute atomic E-state index is 12.4. The Kier molecular flexibility index (Phi) is 4.81. The summed E-state index contributed by atoms with van der Waals surface area (Å²) in [7, 11) is 1.82. The molecule has 0 atom stereocenters. The number of thiophene rings is 1. The molecule has 2 rings (SSSR count). The summed E-state index contributed by atoms with van der Waals surface area (Å²) < 4.78 is 2.02. The molecule has 0 N–H and O–H groups in total. The van der Waals surface area contributed by atoms with E-state index in [2.05, 4.69) is 37.2 Å². The van der Waals surface area contributed by atoms with Crippen LogP contribution in [0.3, 0.4) is 0 Å². The van der Waals surface area contributed by atoms with E-state index in [0.29, 0.717) is 12.1 Å². The van der Waals surface area contributed by atoms with E-state index in [1.54, 1.807) is 16.2 Å². The molecule has 1 aromatic heterocycles. The Labute approximate surface area is 133 Å².